The molecule has 0 atom stereocenters. The van der Waals surface area contributed by atoms with E-state index in [4.69, 9.17) is 10.2 Å². The summed E-state index contributed by atoms with van der Waals surface area (Å²) in [6.45, 7) is 3.58. The molecule has 7 nitrogen and oxygen atoms in total. The topological polar surface area (TPSA) is 108 Å². The summed E-state index contributed by atoms with van der Waals surface area (Å²) in [6.07, 6.45) is 2.60. The second kappa shape index (κ2) is 10.1. The van der Waals surface area contributed by atoms with Gasteiger partial charge in [0.1, 0.15) is 18.1 Å². The lowest BCUT2D eigenvalue weighted by molar-refractivity contribution is 0.0972. The van der Waals surface area contributed by atoms with Gasteiger partial charge in [-0.1, -0.05) is 0 Å². The number of hydrogen-bond acceptors (Lipinski definition) is 3. The van der Waals surface area contributed by atoms with Crippen LogP contribution >= 0.6 is 24.0 Å². The largest absolute Gasteiger partial charge is 0.454 e. The quantitative estimate of drug-likeness (QED) is 0.228. The number of benzene rings is 1. The molecule has 1 amide bonds. The molecular formula is C19H23FIN5O2. The van der Waals surface area contributed by atoms with Crippen molar-refractivity contribution >= 4 is 46.7 Å². The van der Waals surface area contributed by atoms with E-state index in [-0.39, 0.29) is 42.1 Å². The predicted molar refractivity (Wildman–Crippen MR) is 117 cm³/mol. The van der Waals surface area contributed by atoms with Gasteiger partial charge in [0, 0.05) is 30.2 Å². The summed E-state index contributed by atoms with van der Waals surface area (Å²) in [5.74, 6) is 0.434. The summed E-state index contributed by atoms with van der Waals surface area (Å²) >= 11 is 0. The number of aromatic amines is 1. The van der Waals surface area contributed by atoms with E-state index in [1.807, 2.05) is 13.1 Å². The van der Waals surface area contributed by atoms with E-state index in [2.05, 4.69) is 20.6 Å². The van der Waals surface area contributed by atoms with Crippen LogP contribution in [-0.4, -0.2) is 29.9 Å². The van der Waals surface area contributed by atoms with Crippen LogP contribution in [0.3, 0.4) is 0 Å². The Bertz CT molecular complexity index is 966. The van der Waals surface area contributed by atoms with E-state index in [0.717, 1.165) is 16.5 Å². The summed E-state index contributed by atoms with van der Waals surface area (Å²) < 4.78 is 18.8. The maximum absolute atomic E-state index is 13.5. The van der Waals surface area contributed by atoms with Gasteiger partial charge < -0.3 is 25.8 Å². The number of halogens is 2. The van der Waals surface area contributed by atoms with Gasteiger partial charge in [0.25, 0.3) is 5.91 Å². The van der Waals surface area contributed by atoms with Crippen LogP contribution in [0.15, 0.2) is 45.9 Å². The van der Waals surface area contributed by atoms with E-state index in [1.165, 1.54) is 18.2 Å². The predicted octanol–water partition coefficient (Wildman–Crippen LogP) is 2.91. The lowest BCUT2D eigenvalue weighted by atomic mass is 10.1. The number of hydrogen-bond donors (Lipinski definition) is 4. The van der Waals surface area contributed by atoms with Crippen LogP contribution < -0.4 is 16.4 Å². The molecule has 150 valence electrons. The third-order valence-corrected chi connectivity index (χ3v) is 4.06. The van der Waals surface area contributed by atoms with E-state index in [9.17, 15) is 9.18 Å². The summed E-state index contributed by atoms with van der Waals surface area (Å²) in [5, 5.41) is 7.27. The summed E-state index contributed by atoms with van der Waals surface area (Å²) in [5.41, 5.74) is 7.12. The number of carbonyl (C=O) groups is 1. The molecule has 2 heterocycles. The number of primary amides is 1. The number of nitrogens with two attached hydrogens (primary N) is 1. The third kappa shape index (κ3) is 5.47. The molecule has 2 aromatic heterocycles. The van der Waals surface area contributed by atoms with Gasteiger partial charge in [0.2, 0.25) is 0 Å². The van der Waals surface area contributed by atoms with E-state index < -0.39 is 5.91 Å². The minimum atomic E-state index is -0.606. The molecule has 28 heavy (non-hydrogen) atoms. The number of aromatic nitrogens is 1. The molecular weight excluding hydrogens is 476 g/mol. The highest BCUT2D eigenvalue weighted by Gasteiger charge is 2.08. The fraction of sp³-hybridized carbons (Fsp3) is 0.263. The SMILES string of the molecule is CCNC(=NCc1ccc(C(N)=O)o1)NCCc1c[nH]c2ccc(F)cc12.I. The van der Waals surface area contributed by atoms with Crippen LogP contribution in [-0.2, 0) is 13.0 Å². The first-order chi connectivity index (χ1) is 13.1. The molecule has 0 spiro atoms. The molecule has 0 aliphatic heterocycles. The highest BCUT2D eigenvalue weighted by molar-refractivity contribution is 14.0. The van der Waals surface area contributed by atoms with Crippen LogP contribution in [0.1, 0.15) is 28.8 Å². The average Bonchev–Trinajstić information content (AvgIpc) is 3.27. The minimum Gasteiger partial charge on any atom is -0.454 e. The number of nitrogens with one attached hydrogen (secondary N) is 3. The van der Waals surface area contributed by atoms with Gasteiger partial charge in [0.15, 0.2) is 11.7 Å². The molecule has 1 aromatic carbocycles. The molecule has 9 heteroatoms. The number of amides is 1. The second-order valence-electron chi connectivity index (χ2n) is 6.01. The van der Waals surface area contributed by atoms with Gasteiger partial charge in [-0.3, -0.25) is 4.79 Å². The Balaban J connectivity index is 0.00000280. The van der Waals surface area contributed by atoms with Gasteiger partial charge in [-0.05, 0) is 49.2 Å². The maximum Gasteiger partial charge on any atom is 0.284 e. The maximum atomic E-state index is 13.5. The highest BCUT2D eigenvalue weighted by atomic mass is 127. The van der Waals surface area contributed by atoms with Crippen molar-refractivity contribution in [1.82, 2.24) is 15.6 Å². The van der Waals surface area contributed by atoms with Gasteiger partial charge in [-0.15, -0.1) is 24.0 Å². The van der Waals surface area contributed by atoms with Gasteiger partial charge in [0.05, 0.1) is 0 Å². The lowest BCUT2D eigenvalue weighted by Gasteiger charge is -2.10. The zero-order valence-electron chi connectivity index (χ0n) is 15.4. The Labute approximate surface area is 179 Å². The number of carbonyl (C=O) groups excluding carboxylic acids is 1. The number of furan rings is 1. The summed E-state index contributed by atoms with van der Waals surface area (Å²) in [4.78, 5) is 18.6. The molecule has 3 aromatic rings. The van der Waals surface area contributed by atoms with Crippen LogP contribution in [0.2, 0.25) is 0 Å². The Morgan fingerprint density at radius 3 is 2.82 bits per heavy atom. The zero-order valence-corrected chi connectivity index (χ0v) is 17.8. The van der Waals surface area contributed by atoms with Crippen molar-refractivity contribution in [3.63, 3.8) is 0 Å². The monoisotopic (exact) mass is 499 g/mol. The van der Waals surface area contributed by atoms with Crippen molar-refractivity contribution in [2.24, 2.45) is 10.7 Å². The Morgan fingerprint density at radius 1 is 1.29 bits per heavy atom. The molecule has 0 aliphatic rings. The van der Waals surface area contributed by atoms with Crippen LogP contribution in [0.5, 0.6) is 0 Å². The fourth-order valence-corrected chi connectivity index (χ4v) is 2.77. The van der Waals surface area contributed by atoms with E-state index >= 15 is 0 Å². The number of H-pyrrole nitrogens is 1. The van der Waals surface area contributed by atoms with Crippen molar-refractivity contribution in [3.05, 3.63) is 59.4 Å². The molecule has 0 radical (unpaired) electrons. The molecule has 0 unspecified atom stereocenters. The van der Waals surface area contributed by atoms with Gasteiger partial charge >= 0.3 is 0 Å². The normalized spacial score (nSPS) is 11.3. The molecule has 5 N–H and O–H groups in total. The standard InChI is InChI=1S/C19H22FN5O2.HI/c1-2-22-19(25-11-14-4-6-17(27-14)18(21)26)23-8-7-12-10-24-16-5-3-13(20)9-15(12)16;/h3-6,9-10,24H,2,7-8,11H2,1H3,(H2,21,26)(H2,22,23,25);1H. The van der Waals surface area contributed by atoms with Crippen molar-refractivity contribution in [3.8, 4) is 0 Å². The fourth-order valence-electron chi connectivity index (χ4n) is 2.77. The van der Waals surface area contributed by atoms with Crippen molar-refractivity contribution in [2.45, 2.75) is 19.9 Å². The number of rotatable bonds is 7. The first-order valence-corrected chi connectivity index (χ1v) is 8.73. The van der Waals surface area contributed by atoms with Gasteiger partial charge in [-0.25, -0.2) is 9.38 Å². The number of nitrogens with zero attached hydrogens (tertiary/aromatic N) is 1. The van der Waals surface area contributed by atoms with E-state index in [0.29, 0.717) is 31.2 Å². The third-order valence-electron chi connectivity index (χ3n) is 4.06. The number of fused-ring (bicyclic) bond motifs is 1. The molecule has 0 bridgehead atoms. The Kier molecular flexibility index (Phi) is 7.85. The molecule has 0 saturated carbocycles. The molecule has 0 aliphatic carbocycles. The van der Waals surface area contributed by atoms with Crippen molar-refractivity contribution in [1.29, 1.82) is 0 Å². The first kappa shape index (κ1) is 21.7. The van der Waals surface area contributed by atoms with Crippen LogP contribution in [0, 0.1) is 5.82 Å². The molecule has 0 fully saturated rings. The Hall–Kier alpha value is -2.56. The van der Waals surface area contributed by atoms with Crippen LogP contribution in [0.4, 0.5) is 4.39 Å². The number of guanidine groups is 1. The summed E-state index contributed by atoms with van der Waals surface area (Å²) in [6, 6.07) is 7.91. The second-order valence-corrected chi connectivity index (χ2v) is 6.01. The Morgan fingerprint density at radius 2 is 2.11 bits per heavy atom. The average molecular weight is 499 g/mol. The molecule has 0 saturated heterocycles. The number of aliphatic imine (C=N–C) groups is 1. The lowest BCUT2D eigenvalue weighted by Crippen LogP contribution is -2.38. The van der Waals surface area contributed by atoms with E-state index in [1.54, 1.807) is 12.1 Å². The van der Waals surface area contributed by atoms with Gasteiger partial charge in [-0.2, -0.15) is 0 Å². The minimum absolute atomic E-state index is 0. The van der Waals surface area contributed by atoms with Crippen molar-refractivity contribution < 1.29 is 13.6 Å². The highest BCUT2D eigenvalue weighted by Crippen LogP contribution is 2.19. The smallest absolute Gasteiger partial charge is 0.284 e. The van der Waals surface area contributed by atoms with Crippen molar-refractivity contribution in [2.75, 3.05) is 13.1 Å². The first-order valence-electron chi connectivity index (χ1n) is 8.73. The zero-order chi connectivity index (χ0) is 19.2. The summed E-state index contributed by atoms with van der Waals surface area (Å²) in [7, 11) is 0. The molecule has 3 rings (SSSR count). The van der Waals surface area contributed by atoms with Crippen LogP contribution in [0.25, 0.3) is 10.9 Å².